The molecule has 0 amide bonds. The van der Waals surface area contributed by atoms with Gasteiger partial charge in [-0.3, -0.25) is 0 Å². The van der Waals surface area contributed by atoms with Gasteiger partial charge in [0.1, 0.15) is 0 Å². The molecular formula is C12H8F2O. The Labute approximate surface area is 85.6 Å². The molecule has 3 heteroatoms. The van der Waals surface area contributed by atoms with Crippen molar-refractivity contribution in [1.82, 2.24) is 0 Å². The molecule has 0 spiro atoms. The number of rotatable bonds is 1. The number of halogens is 2. The van der Waals surface area contributed by atoms with E-state index < -0.39 is 17.4 Å². The second-order valence-electron chi connectivity index (χ2n) is 3.16. The Morgan fingerprint density at radius 3 is 2.13 bits per heavy atom. The molecule has 0 aliphatic carbocycles. The Balaban J connectivity index is 2.56. The molecule has 0 saturated carbocycles. The van der Waals surface area contributed by atoms with E-state index in [1.807, 2.05) is 6.07 Å². The van der Waals surface area contributed by atoms with Crippen molar-refractivity contribution in [2.24, 2.45) is 0 Å². The van der Waals surface area contributed by atoms with Gasteiger partial charge >= 0.3 is 0 Å². The molecule has 0 aromatic heterocycles. The molecule has 0 bridgehead atoms. The number of aromatic hydroxyl groups is 1. The van der Waals surface area contributed by atoms with Gasteiger partial charge in [-0.15, -0.1) is 0 Å². The van der Waals surface area contributed by atoms with Crippen LogP contribution in [0, 0.1) is 11.6 Å². The summed E-state index contributed by atoms with van der Waals surface area (Å²) < 4.78 is 25.8. The lowest BCUT2D eigenvalue weighted by atomic mass is 10.1. The first-order valence-electron chi connectivity index (χ1n) is 4.42. The van der Waals surface area contributed by atoms with Crippen LogP contribution < -0.4 is 0 Å². The summed E-state index contributed by atoms with van der Waals surface area (Å²) >= 11 is 0. The summed E-state index contributed by atoms with van der Waals surface area (Å²) in [5.41, 5.74) is 1.18. The fourth-order valence-electron chi connectivity index (χ4n) is 1.37. The van der Waals surface area contributed by atoms with Crippen LogP contribution in [0.4, 0.5) is 8.78 Å². The second kappa shape index (κ2) is 3.69. The molecule has 0 atom stereocenters. The van der Waals surface area contributed by atoms with E-state index in [2.05, 4.69) is 0 Å². The van der Waals surface area contributed by atoms with Crippen LogP contribution in [-0.4, -0.2) is 5.11 Å². The minimum absolute atomic E-state index is 0.451. The normalized spacial score (nSPS) is 10.3. The highest BCUT2D eigenvalue weighted by molar-refractivity contribution is 5.65. The fraction of sp³-hybridized carbons (Fsp3) is 0. The van der Waals surface area contributed by atoms with Crippen LogP contribution in [0.15, 0.2) is 42.5 Å². The first-order chi connectivity index (χ1) is 7.18. The average molecular weight is 206 g/mol. The fourth-order valence-corrected chi connectivity index (χ4v) is 1.37. The lowest BCUT2D eigenvalue weighted by molar-refractivity contribution is 0.407. The molecule has 0 unspecified atom stereocenters. The highest BCUT2D eigenvalue weighted by Crippen LogP contribution is 2.27. The summed E-state index contributed by atoms with van der Waals surface area (Å²) in [5, 5.41) is 9.13. The molecule has 15 heavy (non-hydrogen) atoms. The van der Waals surface area contributed by atoms with Gasteiger partial charge in [-0.1, -0.05) is 30.3 Å². The number of phenols is 1. The largest absolute Gasteiger partial charge is 0.505 e. The molecule has 2 aromatic rings. The molecule has 0 aliphatic rings. The van der Waals surface area contributed by atoms with E-state index in [4.69, 9.17) is 5.11 Å². The highest BCUT2D eigenvalue weighted by atomic mass is 19.2. The first kappa shape index (κ1) is 9.65. The maximum atomic E-state index is 13.0. The average Bonchev–Trinajstić information content (AvgIpc) is 2.26. The quantitative estimate of drug-likeness (QED) is 0.758. The van der Waals surface area contributed by atoms with Gasteiger partial charge in [0.25, 0.3) is 0 Å². The topological polar surface area (TPSA) is 20.2 Å². The van der Waals surface area contributed by atoms with Crippen molar-refractivity contribution in [2.45, 2.75) is 0 Å². The SMILES string of the molecule is Oc1cc(-c2ccccc2)cc(F)c1F. The molecular weight excluding hydrogens is 198 g/mol. The molecule has 1 nitrogen and oxygen atoms in total. The lowest BCUT2D eigenvalue weighted by Crippen LogP contribution is -1.86. The molecule has 2 rings (SSSR count). The van der Waals surface area contributed by atoms with E-state index in [0.717, 1.165) is 11.6 Å². The van der Waals surface area contributed by atoms with Crippen molar-refractivity contribution in [2.75, 3.05) is 0 Å². The Kier molecular flexibility index (Phi) is 2.37. The molecule has 1 N–H and O–H groups in total. The maximum absolute atomic E-state index is 13.0. The van der Waals surface area contributed by atoms with Gasteiger partial charge in [0.05, 0.1) is 0 Å². The van der Waals surface area contributed by atoms with Gasteiger partial charge in [-0.2, -0.15) is 4.39 Å². The van der Waals surface area contributed by atoms with Crippen molar-refractivity contribution in [1.29, 1.82) is 0 Å². The maximum Gasteiger partial charge on any atom is 0.200 e. The zero-order chi connectivity index (χ0) is 10.8. The standard InChI is InChI=1S/C12H8F2O/c13-10-6-9(7-11(15)12(10)14)8-4-2-1-3-5-8/h1-7,15H. The Morgan fingerprint density at radius 1 is 0.867 bits per heavy atom. The van der Waals surface area contributed by atoms with Gasteiger partial charge in [0.15, 0.2) is 17.4 Å². The Bertz CT molecular complexity index is 457. The van der Waals surface area contributed by atoms with E-state index in [1.54, 1.807) is 24.3 Å². The van der Waals surface area contributed by atoms with Gasteiger partial charge in [-0.05, 0) is 23.3 Å². The molecule has 76 valence electrons. The zero-order valence-corrected chi connectivity index (χ0v) is 7.74. The predicted octanol–water partition coefficient (Wildman–Crippen LogP) is 3.34. The molecule has 2 aromatic carbocycles. The van der Waals surface area contributed by atoms with Gasteiger partial charge in [0.2, 0.25) is 0 Å². The summed E-state index contributed by atoms with van der Waals surface area (Å²) in [6, 6.07) is 11.2. The molecule has 0 aliphatic heterocycles. The monoisotopic (exact) mass is 206 g/mol. The second-order valence-corrected chi connectivity index (χ2v) is 3.16. The van der Waals surface area contributed by atoms with E-state index >= 15 is 0 Å². The molecule has 0 fully saturated rings. The third-order valence-corrected chi connectivity index (χ3v) is 2.12. The Hall–Kier alpha value is -1.90. The predicted molar refractivity (Wildman–Crippen MR) is 53.5 cm³/mol. The van der Waals surface area contributed by atoms with Crippen molar-refractivity contribution < 1.29 is 13.9 Å². The summed E-state index contributed by atoms with van der Waals surface area (Å²) in [5.74, 6) is -2.93. The van der Waals surface area contributed by atoms with E-state index in [0.29, 0.717) is 5.56 Å². The van der Waals surface area contributed by atoms with Crippen molar-refractivity contribution in [3.63, 3.8) is 0 Å². The van der Waals surface area contributed by atoms with Gasteiger partial charge in [-0.25, -0.2) is 4.39 Å². The van der Waals surface area contributed by atoms with E-state index in [1.165, 1.54) is 6.07 Å². The van der Waals surface area contributed by atoms with Crippen molar-refractivity contribution in [3.05, 3.63) is 54.1 Å². The number of hydrogen-bond acceptors (Lipinski definition) is 1. The minimum atomic E-state index is -1.21. The number of hydrogen-bond donors (Lipinski definition) is 1. The molecule has 0 radical (unpaired) electrons. The summed E-state index contributed by atoms with van der Waals surface area (Å²) in [6.45, 7) is 0. The smallest absolute Gasteiger partial charge is 0.200 e. The number of benzene rings is 2. The first-order valence-corrected chi connectivity index (χ1v) is 4.42. The van der Waals surface area contributed by atoms with Gasteiger partial charge in [0, 0.05) is 0 Å². The van der Waals surface area contributed by atoms with Crippen LogP contribution in [0.2, 0.25) is 0 Å². The van der Waals surface area contributed by atoms with Gasteiger partial charge < -0.3 is 5.11 Å². The minimum Gasteiger partial charge on any atom is -0.505 e. The van der Waals surface area contributed by atoms with Crippen LogP contribution in [0.1, 0.15) is 0 Å². The Morgan fingerprint density at radius 2 is 1.53 bits per heavy atom. The van der Waals surface area contributed by atoms with Crippen LogP contribution in [0.25, 0.3) is 11.1 Å². The number of phenolic OH excluding ortho intramolecular Hbond substituents is 1. The van der Waals surface area contributed by atoms with E-state index in [-0.39, 0.29) is 0 Å². The summed E-state index contributed by atoms with van der Waals surface area (Å²) in [7, 11) is 0. The highest BCUT2D eigenvalue weighted by Gasteiger charge is 2.10. The van der Waals surface area contributed by atoms with Crippen LogP contribution in [-0.2, 0) is 0 Å². The summed E-state index contributed by atoms with van der Waals surface area (Å²) in [4.78, 5) is 0. The zero-order valence-electron chi connectivity index (χ0n) is 7.74. The molecule has 0 saturated heterocycles. The van der Waals surface area contributed by atoms with Crippen LogP contribution >= 0.6 is 0 Å². The van der Waals surface area contributed by atoms with Crippen LogP contribution in [0.3, 0.4) is 0 Å². The summed E-state index contributed by atoms with van der Waals surface area (Å²) in [6.07, 6.45) is 0. The van der Waals surface area contributed by atoms with Crippen molar-refractivity contribution in [3.8, 4) is 16.9 Å². The lowest BCUT2D eigenvalue weighted by Gasteiger charge is -2.03. The third-order valence-electron chi connectivity index (χ3n) is 2.12. The third kappa shape index (κ3) is 1.81. The van der Waals surface area contributed by atoms with Crippen LogP contribution in [0.5, 0.6) is 5.75 Å². The molecule has 0 heterocycles. The van der Waals surface area contributed by atoms with Crippen molar-refractivity contribution >= 4 is 0 Å². The van der Waals surface area contributed by atoms with E-state index in [9.17, 15) is 8.78 Å².